The average Bonchev–Trinajstić information content (AvgIpc) is 2.77. The van der Waals surface area contributed by atoms with Gasteiger partial charge >= 0.3 is 58.4 Å². The molecule has 0 atom stereocenters. The summed E-state index contributed by atoms with van der Waals surface area (Å²) in [4.78, 5) is 10.8. The Balaban J connectivity index is 0.00000180. The van der Waals surface area contributed by atoms with E-state index in [1.165, 1.54) is 24.3 Å². The minimum atomic E-state index is -5.00. The number of halogens is 3. The standard InChI is InChI=1S/C11H8BF3NO2.K/c13-12(14,15)8-3-1-7(2-4-8)9-5-6-10(18-9)11(16)17;/h1-6H,(H2,16,17);/q-1;+1. The number of furan rings is 1. The summed E-state index contributed by atoms with van der Waals surface area (Å²) in [7, 11) is 0. The molecule has 1 heterocycles. The maximum atomic E-state index is 12.4. The molecule has 0 bridgehead atoms. The van der Waals surface area contributed by atoms with E-state index in [1.54, 1.807) is 0 Å². The molecule has 2 N–H and O–H groups in total. The predicted molar refractivity (Wildman–Crippen MR) is 61.4 cm³/mol. The van der Waals surface area contributed by atoms with Gasteiger partial charge in [-0.15, -0.1) is 5.46 Å². The van der Waals surface area contributed by atoms with Crippen LogP contribution in [-0.4, -0.2) is 12.9 Å². The molecule has 2 aromatic rings. The van der Waals surface area contributed by atoms with Gasteiger partial charge in [0, 0.05) is 5.56 Å². The van der Waals surface area contributed by atoms with Crippen LogP contribution in [0.3, 0.4) is 0 Å². The third-order valence-electron chi connectivity index (χ3n) is 2.42. The third kappa shape index (κ3) is 3.96. The van der Waals surface area contributed by atoms with E-state index in [2.05, 4.69) is 0 Å². The summed E-state index contributed by atoms with van der Waals surface area (Å²) in [5.41, 5.74) is 4.78. The van der Waals surface area contributed by atoms with Gasteiger partial charge in [0.2, 0.25) is 0 Å². The Kier molecular flexibility index (Phi) is 5.45. The van der Waals surface area contributed by atoms with Crippen molar-refractivity contribution in [3.63, 3.8) is 0 Å². The van der Waals surface area contributed by atoms with Crippen LogP contribution in [0.15, 0.2) is 40.8 Å². The van der Waals surface area contributed by atoms with E-state index in [-0.39, 0.29) is 57.1 Å². The van der Waals surface area contributed by atoms with Crippen molar-refractivity contribution in [2.24, 2.45) is 5.73 Å². The molecule has 0 saturated heterocycles. The summed E-state index contributed by atoms with van der Waals surface area (Å²) >= 11 is 0. The number of benzene rings is 1. The number of rotatable bonds is 3. The van der Waals surface area contributed by atoms with E-state index in [9.17, 15) is 17.7 Å². The molecule has 0 unspecified atom stereocenters. The minimum absolute atomic E-state index is 0. The van der Waals surface area contributed by atoms with E-state index < -0.39 is 18.3 Å². The zero-order valence-electron chi connectivity index (χ0n) is 10.1. The number of hydrogen-bond acceptors (Lipinski definition) is 2. The second kappa shape index (κ2) is 6.27. The second-order valence-electron chi connectivity index (χ2n) is 3.72. The zero-order chi connectivity index (χ0) is 13.3. The maximum Gasteiger partial charge on any atom is 1.00 e. The van der Waals surface area contributed by atoms with Gasteiger partial charge in [-0.1, -0.05) is 24.3 Å². The van der Waals surface area contributed by atoms with E-state index in [4.69, 9.17) is 10.2 Å². The molecule has 0 aliphatic carbocycles. The van der Waals surface area contributed by atoms with Gasteiger partial charge < -0.3 is 23.1 Å². The van der Waals surface area contributed by atoms with Gasteiger partial charge in [-0.2, -0.15) is 0 Å². The Morgan fingerprint density at radius 2 is 1.63 bits per heavy atom. The van der Waals surface area contributed by atoms with Gasteiger partial charge in [-0.25, -0.2) is 0 Å². The van der Waals surface area contributed by atoms with Crippen LogP contribution in [0.25, 0.3) is 11.3 Å². The van der Waals surface area contributed by atoms with E-state index >= 15 is 0 Å². The first-order chi connectivity index (χ1) is 8.38. The number of amides is 1. The molecule has 94 valence electrons. The molecule has 1 aromatic heterocycles. The summed E-state index contributed by atoms with van der Waals surface area (Å²) in [6.07, 6.45) is 0. The van der Waals surface area contributed by atoms with Crippen molar-refractivity contribution >= 4 is 18.3 Å². The van der Waals surface area contributed by atoms with Gasteiger partial charge in [0.15, 0.2) is 5.76 Å². The minimum Gasteiger partial charge on any atom is -0.451 e. The first-order valence-electron chi connectivity index (χ1n) is 5.08. The SMILES string of the molecule is NC(=O)c1ccc(-c2ccc([B-](F)(F)F)cc2)o1.[K+]. The largest absolute Gasteiger partial charge is 1.00 e. The van der Waals surface area contributed by atoms with Gasteiger partial charge in [0.25, 0.3) is 5.91 Å². The Morgan fingerprint density at radius 3 is 2.05 bits per heavy atom. The zero-order valence-corrected chi connectivity index (χ0v) is 13.2. The first kappa shape index (κ1) is 16.5. The summed E-state index contributed by atoms with van der Waals surface area (Å²) in [5.74, 6) is -0.462. The van der Waals surface area contributed by atoms with Crippen molar-refractivity contribution in [1.29, 1.82) is 0 Å². The molecule has 0 radical (unpaired) electrons. The van der Waals surface area contributed by atoms with Crippen LogP contribution in [0, 0.1) is 0 Å². The number of nitrogens with two attached hydrogens (primary N) is 1. The van der Waals surface area contributed by atoms with Crippen LogP contribution >= 0.6 is 0 Å². The number of carbonyl (C=O) groups is 1. The Morgan fingerprint density at radius 1 is 1.05 bits per heavy atom. The van der Waals surface area contributed by atoms with Crippen molar-refractivity contribution in [3.8, 4) is 11.3 Å². The van der Waals surface area contributed by atoms with Gasteiger partial charge in [0.05, 0.1) is 0 Å². The van der Waals surface area contributed by atoms with Crippen LogP contribution in [0.5, 0.6) is 0 Å². The summed E-state index contributed by atoms with van der Waals surface area (Å²) in [6, 6.07) is 7.37. The van der Waals surface area contributed by atoms with Crippen molar-refractivity contribution in [2.45, 2.75) is 0 Å². The van der Waals surface area contributed by atoms with Crippen molar-refractivity contribution < 1.29 is 73.5 Å². The molecule has 0 fully saturated rings. The van der Waals surface area contributed by atoms with Gasteiger partial charge in [-0.3, -0.25) is 4.79 Å². The molecule has 0 saturated carbocycles. The van der Waals surface area contributed by atoms with Crippen LogP contribution < -0.4 is 62.6 Å². The molecule has 8 heteroatoms. The third-order valence-corrected chi connectivity index (χ3v) is 2.42. The summed E-state index contributed by atoms with van der Waals surface area (Å²) < 4.78 is 42.3. The monoisotopic (exact) mass is 293 g/mol. The maximum absolute atomic E-state index is 12.4. The van der Waals surface area contributed by atoms with Crippen LogP contribution in [0.4, 0.5) is 12.9 Å². The average molecular weight is 293 g/mol. The number of hydrogen-bond donors (Lipinski definition) is 1. The fourth-order valence-corrected chi connectivity index (χ4v) is 1.49. The second-order valence-corrected chi connectivity index (χ2v) is 3.72. The Bertz CT molecular complexity index is 580. The molecule has 1 amide bonds. The van der Waals surface area contributed by atoms with E-state index in [1.807, 2.05) is 0 Å². The molecule has 0 aliphatic heterocycles. The van der Waals surface area contributed by atoms with Crippen molar-refractivity contribution in [3.05, 3.63) is 42.2 Å². The van der Waals surface area contributed by atoms with Crippen LogP contribution in [0.1, 0.15) is 10.6 Å². The molecule has 19 heavy (non-hydrogen) atoms. The molecular formula is C11H8BF3KNO2. The summed E-state index contributed by atoms with van der Waals surface area (Å²) in [6.45, 7) is -5.00. The number of carbonyl (C=O) groups excluding carboxylic acids is 1. The molecule has 2 rings (SSSR count). The van der Waals surface area contributed by atoms with Crippen molar-refractivity contribution in [2.75, 3.05) is 0 Å². The van der Waals surface area contributed by atoms with E-state index in [0.717, 1.165) is 12.1 Å². The molecule has 3 nitrogen and oxygen atoms in total. The van der Waals surface area contributed by atoms with Crippen LogP contribution in [0.2, 0.25) is 0 Å². The fraction of sp³-hybridized carbons (Fsp3) is 0. The molecule has 0 aliphatic rings. The van der Waals surface area contributed by atoms with Gasteiger partial charge in [0.1, 0.15) is 5.76 Å². The quantitative estimate of drug-likeness (QED) is 0.746. The van der Waals surface area contributed by atoms with E-state index in [0.29, 0.717) is 11.3 Å². The normalized spacial score (nSPS) is 10.9. The molecule has 0 spiro atoms. The fourth-order valence-electron chi connectivity index (χ4n) is 1.49. The Labute approximate surface area is 149 Å². The topological polar surface area (TPSA) is 56.2 Å². The molecule has 1 aromatic carbocycles. The van der Waals surface area contributed by atoms with Gasteiger partial charge in [-0.05, 0) is 12.1 Å². The molecular weight excluding hydrogens is 285 g/mol. The Hall–Kier alpha value is -0.539. The number of primary amides is 1. The van der Waals surface area contributed by atoms with Crippen molar-refractivity contribution in [1.82, 2.24) is 0 Å². The van der Waals surface area contributed by atoms with Crippen LogP contribution in [-0.2, 0) is 0 Å². The summed E-state index contributed by atoms with van der Waals surface area (Å²) in [5, 5.41) is 0. The predicted octanol–water partition coefficient (Wildman–Crippen LogP) is -0.896. The smallest absolute Gasteiger partial charge is 0.451 e. The first-order valence-corrected chi connectivity index (χ1v) is 5.08.